The zero-order chi connectivity index (χ0) is 5.28. The van der Waals surface area contributed by atoms with Gasteiger partial charge in [-0.1, -0.05) is 12.8 Å². The van der Waals surface area contributed by atoms with Crippen LogP contribution < -0.4 is 5.73 Å². The van der Waals surface area contributed by atoms with E-state index in [4.69, 9.17) is 10.8 Å². The predicted octanol–water partition coefficient (Wildman–Crippen LogP) is 0.0636. The molecule has 1 aliphatic rings. The number of hydrogen-bond donors (Lipinski definition) is 2. The standard InChI is InChI=1S/C5H11NO/c6-5(7)3-4-1-2-4/h4-5,7H,1-3,6H2. The molecule has 0 radical (unpaired) electrons. The predicted molar refractivity (Wildman–Crippen MR) is 27.5 cm³/mol. The lowest BCUT2D eigenvalue weighted by atomic mass is 10.3. The molecule has 0 heterocycles. The highest BCUT2D eigenvalue weighted by molar-refractivity contribution is 4.74. The van der Waals surface area contributed by atoms with Gasteiger partial charge in [0.15, 0.2) is 0 Å². The summed E-state index contributed by atoms with van der Waals surface area (Å²) in [6, 6.07) is 0. The third-order valence-corrected chi connectivity index (χ3v) is 1.27. The van der Waals surface area contributed by atoms with Crippen LogP contribution in [0, 0.1) is 5.92 Å². The third kappa shape index (κ3) is 1.90. The highest BCUT2D eigenvalue weighted by atomic mass is 16.3. The van der Waals surface area contributed by atoms with Crippen molar-refractivity contribution in [2.24, 2.45) is 11.7 Å². The molecular formula is C5H11NO. The summed E-state index contributed by atoms with van der Waals surface area (Å²) in [6.45, 7) is 0. The van der Waals surface area contributed by atoms with Crippen molar-refractivity contribution in [3.8, 4) is 0 Å². The summed E-state index contributed by atoms with van der Waals surface area (Å²) >= 11 is 0. The SMILES string of the molecule is NC(O)CC1CC1. The van der Waals surface area contributed by atoms with Gasteiger partial charge >= 0.3 is 0 Å². The molecule has 3 N–H and O–H groups in total. The number of aliphatic hydroxyl groups excluding tert-OH is 1. The summed E-state index contributed by atoms with van der Waals surface area (Å²) < 4.78 is 0. The zero-order valence-corrected chi connectivity index (χ0v) is 4.30. The van der Waals surface area contributed by atoms with E-state index in [2.05, 4.69) is 0 Å². The summed E-state index contributed by atoms with van der Waals surface area (Å²) in [4.78, 5) is 0. The molecule has 0 aromatic rings. The molecule has 2 heteroatoms. The van der Waals surface area contributed by atoms with Crippen LogP contribution in [0.2, 0.25) is 0 Å². The van der Waals surface area contributed by atoms with Crippen molar-refractivity contribution < 1.29 is 5.11 Å². The molecule has 0 spiro atoms. The maximum atomic E-state index is 8.54. The number of nitrogens with two attached hydrogens (primary N) is 1. The van der Waals surface area contributed by atoms with Crippen molar-refractivity contribution in [2.45, 2.75) is 25.5 Å². The first kappa shape index (κ1) is 5.06. The highest BCUT2D eigenvalue weighted by Crippen LogP contribution is 2.32. The fourth-order valence-corrected chi connectivity index (χ4v) is 0.695. The van der Waals surface area contributed by atoms with Crippen LogP contribution in [0.25, 0.3) is 0 Å². The normalized spacial score (nSPS) is 24.9. The van der Waals surface area contributed by atoms with E-state index in [0.29, 0.717) is 0 Å². The lowest BCUT2D eigenvalue weighted by Crippen LogP contribution is -2.18. The van der Waals surface area contributed by atoms with Crippen LogP contribution in [0.15, 0.2) is 0 Å². The van der Waals surface area contributed by atoms with Crippen LogP contribution in [0.1, 0.15) is 19.3 Å². The molecule has 1 fully saturated rings. The molecule has 1 aliphatic carbocycles. The lowest BCUT2D eigenvalue weighted by Gasteiger charge is -1.98. The number of hydrogen-bond acceptors (Lipinski definition) is 2. The Morgan fingerprint density at radius 2 is 2.29 bits per heavy atom. The van der Waals surface area contributed by atoms with Gasteiger partial charge in [-0.15, -0.1) is 0 Å². The number of rotatable bonds is 2. The van der Waals surface area contributed by atoms with Crippen LogP contribution in [0.3, 0.4) is 0 Å². The van der Waals surface area contributed by atoms with E-state index in [9.17, 15) is 0 Å². The Morgan fingerprint density at radius 3 is 2.43 bits per heavy atom. The third-order valence-electron chi connectivity index (χ3n) is 1.27. The van der Waals surface area contributed by atoms with E-state index in [-0.39, 0.29) is 0 Å². The van der Waals surface area contributed by atoms with Crippen molar-refractivity contribution in [3.63, 3.8) is 0 Å². The number of aliphatic hydroxyl groups is 1. The van der Waals surface area contributed by atoms with Gasteiger partial charge in [-0.05, 0) is 12.3 Å². The lowest BCUT2D eigenvalue weighted by molar-refractivity contribution is 0.165. The Morgan fingerprint density at radius 1 is 1.71 bits per heavy atom. The van der Waals surface area contributed by atoms with Gasteiger partial charge in [0.25, 0.3) is 0 Å². The smallest absolute Gasteiger partial charge is 0.102 e. The van der Waals surface area contributed by atoms with Crippen LogP contribution in [0.5, 0.6) is 0 Å². The molecule has 42 valence electrons. The van der Waals surface area contributed by atoms with Crippen LogP contribution >= 0.6 is 0 Å². The molecular weight excluding hydrogens is 90.1 g/mol. The van der Waals surface area contributed by atoms with E-state index < -0.39 is 6.23 Å². The Balaban J connectivity index is 1.97. The summed E-state index contributed by atoms with van der Waals surface area (Å²) in [7, 11) is 0. The van der Waals surface area contributed by atoms with Gasteiger partial charge in [-0.2, -0.15) is 0 Å². The molecule has 1 atom stereocenters. The Labute approximate surface area is 43.3 Å². The Bertz CT molecular complexity index is 59.1. The molecule has 0 bridgehead atoms. The molecule has 1 saturated carbocycles. The van der Waals surface area contributed by atoms with Crippen molar-refractivity contribution in [3.05, 3.63) is 0 Å². The van der Waals surface area contributed by atoms with E-state index in [0.717, 1.165) is 12.3 Å². The molecule has 1 unspecified atom stereocenters. The van der Waals surface area contributed by atoms with E-state index in [1.165, 1.54) is 12.8 Å². The van der Waals surface area contributed by atoms with Gasteiger partial charge in [-0.25, -0.2) is 0 Å². The molecule has 0 aliphatic heterocycles. The van der Waals surface area contributed by atoms with E-state index in [1.54, 1.807) is 0 Å². The monoisotopic (exact) mass is 101 g/mol. The molecule has 0 saturated heterocycles. The average Bonchev–Trinajstić information content (AvgIpc) is 2.17. The minimum atomic E-state index is -0.563. The minimum absolute atomic E-state index is 0.563. The zero-order valence-electron chi connectivity index (χ0n) is 4.30. The van der Waals surface area contributed by atoms with Crippen LogP contribution in [-0.2, 0) is 0 Å². The topological polar surface area (TPSA) is 46.2 Å². The van der Waals surface area contributed by atoms with Crippen molar-refractivity contribution >= 4 is 0 Å². The van der Waals surface area contributed by atoms with Gasteiger partial charge in [0.05, 0.1) is 0 Å². The summed E-state index contributed by atoms with van der Waals surface area (Å²) in [5.41, 5.74) is 5.09. The molecule has 0 aromatic carbocycles. The fraction of sp³-hybridized carbons (Fsp3) is 1.00. The van der Waals surface area contributed by atoms with Crippen molar-refractivity contribution in [1.29, 1.82) is 0 Å². The van der Waals surface area contributed by atoms with Crippen LogP contribution in [0.4, 0.5) is 0 Å². The van der Waals surface area contributed by atoms with Gasteiger partial charge in [0.2, 0.25) is 0 Å². The largest absolute Gasteiger partial charge is 0.379 e. The maximum absolute atomic E-state index is 8.54. The second-order valence-electron chi connectivity index (χ2n) is 2.25. The fourth-order valence-electron chi connectivity index (χ4n) is 0.695. The summed E-state index contributed by atoms with van der Waals surface area (Å²) in [6.07, 6.45) is 2.79. The van der Waals surface area contributed by atoms with E-state index in [1.807, 2.05) is 0 Å². The average molecular weight is 101 g/mol. The molecule has 0 aromatic heterocycles. The maximum Gasteiger partial charge on any atom is 0.102 e. The minimum Gasteiger partial charge on any atom is -0.379 e. The van der Waals surface area contributed by atoms with Gasteiger partial charge < -0.3 is 10.8 Å². The quantitative estimate of drug-likeness (QED) is 0.483. The molecule has 0 amide bonds. The molecule has 1 rings (SSSR count). The van der Waals surface area contributed by atoms with Gasteiger partial charge in [0.1, 0.15) is 6.23 Å². The summed E-state index contributed by atoms with van der Waals surface area (Å²) in [5, 5.41) is 8.54. The second-order valence-corrected chi connectivity index (χ2v) is 2.25. The van der Waals surface area contributed by atoms with Crippen molar-refractivity contribution in [1.82, 2.24) is 0 Å². The molecule has 7 heavy (non-hydrogen) atoms. The summed E-state index contributed by atoms with van der Waals surface area (Å²) in [5.74, 6) is 0.750. The Hall–Kier alpha value is -0.0800. The first-order chi connectivity index (χ1) is 3.29. The molecule has 2 nitrogen and oxygen atoms in total. The van der Waals surface area contributed by atoms with E-state index >= 15 is 0 Å². The second kappa shape index (κ2) is 1.80. The highest BCUT2D eigenvalue weighted by Gasteiger charge is 2.22. The van der Waals surface area contributed by atoms with Crippen molar-refractivity contribution in [2.75, 3.05) is 0 Å². The van der Waals surface area contributed by atoms with Gasteiger partial charge in [-0.3, -0.25) is 0 Å². The first-order valence-electron chi connectivity index (χ1n) is 2.72. The first-order valence-corrected chi connectivity index (χ1v) is 2.72. The van der Waals surface area contributed by atoms with Crippen LogP contribution in [-0.4, -0.2) is 11.3 Å². The van der Waals surface area contributed by atoms with Gasteiger partial charge in [0, 0.05) is 0 Å². The Kier molecular flexibility index (Phi) is 1.30.